The average Bonchev–Trinajstić information content (AvgIpc) is 2.33. The van der Waals surface area contributed by atoms with Crippen LogP contribution in [0.2, 0.25) is 0 Å². The van der Waals surface area contributed by atoms with Crippen LogP contribution in [0.1, 0.15) is 45.1 Å². The van der Waals surface area contributed by atoms with E-state index >= 15 is 0 Å². The number of nitrogens with one attached hydrogen (secondary N) is 1. The molecule has 4 heteroatoms. The van der Waals surface area contributed by atoms with E-state index in [1.165, 1.54) is 19.4 Å². The predicted octanol–water partition coefficient (Wildman–Crippen LogP) is 3.02. The molecule has 0 aromatic carbocycles. The summed E-state index contributed by atoms with van der Waals surface area (Å²) in [5, 5.41) is 3.46. The minimum absolute atomic E-state index is 0.448. The Morgan fingerprint density at radius 1 is 1.21 bits per heavy atom. The Balaban J connectivity index is 2.36. The van der Waals surface area contributed by atoms with E-state index in [1.807, 2.05) is 19.9 Å². The molecule has 0 aliphatic heterocycles. The van der Waals surface area contributed by atoms with Crippen LogP contribution in [0.4, 0.5) is 5.82 Å². The summed E-state index contributed by atoms with van der Waals surface area (Å²) >= 11 is 0. The highest BCUT2D eigenvalue weighted by Gasteiger charge is 2.06. The quantitative estimate of drug-likeness (QED) is 0.783. The summed E-state index contributed by atoms with van der Waals surface area (Å²) < 4.78 is 0. The van der Waals surface area contributed by atoms with Gasteiger partial charge in [-0.1, -0.05) is 13.8 Å². The number of aromatic nitrogens is 2. The zero-order valence-electron chi connectivity index (χ0n) is 13.0. The molecule has 0 saturated carbocycles. The molecule has 0 radical (unpaired) electrons. The Hall–Kier alpha value is -1.16. The predicted molar refractivity (Wildman–Crippen MR) is 81.6 cm³/mol. The van der Waals surface area contributed by atoms with Crippen LogP contribution in [0.5, 0.6) is 0 Å². The molecule has 1 aromatic rings. The molecule has 4 nitrogen and oxygen atoms in total. The standard InChI is InChI=1S/C15H28N4/c1-6-19(7-2)10-8-9-12(3)17-15-11-13(4)16-14(5)18-15/h11-12H,6-10H2,1-5H3,(H,16,17,18). The van der Waals surface area contributed by atoms with Gasteiger partial charge in [0.2, 0.25) is 0 Å². The molecule has 1 N–H and O–H groups in total. The second-order valence-corrected chi connectivity index (χ2v) is 5.16. The summed E-state index contributed by atoms with van der Waals surface area (Å²) in [7, 11) is 0. The molecular weight excluding hydrogens is 236 g/mol. The highest BCUT2D eigenvalue weighted by Crippen LogP contribution is 2.10. The van der Waals surface area contributed by atoms with Gasteiger partial charge in [-0.2, -0.15) is 0 Å². The van der Waals surface area contributed by atoms with Gasteiger partial charge in [0.25, 0.3) is 0 Å². The summed E-state index contributed by atoms with van der Waals surface area (Å²) in [6, 6.07) is 2.46. The number of nitrogens with zero attached hydrogens (tertiary/aromatic N) is 3. The number of anilines is 1. The van der Waals surface area contributed by atoms with E-state index in [4.69, 9.17) is 0 Å². The van der Waals surface area contributed by atoms with Crippen molar-refractivity contribution < 1.29 is 0 Å². The van der Waals surface area contributed by atoms with Crippen molar-refractivity contribution in [2.75, 3.05) is 25.0 Å². The first-order valence-electron chi connectivity index (χ1n) is 7.36. The van der Waals surface area contributed by atoms with Crippen LogP contribution < -0.4 is 5.32 Å². The van der Waals surface area contributed by atoms with Crippen LogP contribution in [-0.4, -0.2) is 40.5 Å². The van der Waals surface area contributed by atoms with Crippen LogP contribution in [0.25, 0.3) is 0 Å². The van der Waals surface area contributed by atoms with Crippen molar-refractivity contribution >= 4 is 5.82 Å². The van der Waals surface area contributed by atoms with Crippen molar-refractivity contribution in [2.24, 2.45) is 0 Å². The molecule has 0 spiro atoms. The lowest BCUT2D eigenvalue weighted by molar-refractivity contribution is 0.295. The summed E-state index contributed by atoms with van der Waals surface area (Å²) in [6.07, 6.45) is 2.39. The fourth-order valence-corrected chi connectivity index (χ4v) is 2.28. The molecule has 0 amide bonds. The van der Waals surface area contributed by atoms with Crippen LogP contribution in [0, 0.1) is 13.8 Å². The fraction of sp³-hybridized carbons (Fsp3) is 0.733. The second-order valence-electron chi connectivity index (χ2n) is 5.16. The molecule has 0 aliphatic carbocycles. The van der Waals surface area contributed by atoms with Crippen molar-refractivity contribution in [3.8, 4) is 0 Å². The maximum absolute atomic E-state index is 4.42. The van der Waals surface area contributed by atoms with Gasteiger partial charge in [-0.25, -0.2) is 9.97 Å². The molecule has 1 aromatic heterocycles. The van der Waals surface area contributed by atoms with Crippen LogP contribution >= 0.6 is 0 Å². The molecule has 0 fully saturated rings. The maximum Gasteiger partial charge on any atom is 0.130 e. The topological polar surface area (TPSA) is 41.0 Å². The average molecular weight is 264 g/mol. The molecule has 1 heterocycles. The fourth-order valence-electron chi connectivity index (χ4n) is 2.28. The van der Waals surface area contributed by atoms with Gasteiger partial charge in [0.05, 0.1) is 0 Å². The van der Waals surface area contributed by atoms with E-state index in [0.29, 0.717) is 6.04 Å². The molecule has 1 rings (SSSR count). The van der Waals surface area contributed by atoms with Gasteiger partial charge in [0.1, 0.15) is 11.6 Å². The van der Waals surface area contributed by atoms with Gasteiger partial charge in [-0.3, -0.25) is 0 Å². The van der Waals surface area contributed by atoms with Crippen LogP contribution in [-0.2, 0) is 0 Å². The Morgan fingerprint density at radius 3 is 2.47 bits per heavy atom. The molecule has 0 aliphatic rings. The zero-order valence-corrected chi connectivity index (χ0v) is 13.0. The van der Waals surface area contributed by atoms with Gasteiger partial charge in [-0.15, -0.1) is 0 Å². The maximum atomic E-state index is 4.42. The summed E-state index contributed by atoms with van der Waals surface area (Å²) in [5.41, 5.74) is 1.02. The molecule has 0 bridgehead atoms. The van der Waals surface area contributed by atoms with E-state index in [0.717, 1.165) is 30.4 Å². The summed E-state index contributed by atoms with van der Waals surface area (Å²) in [6.45, 7) is 14.1. The third kappa shape index (κ3) is 6.01. The smallest absolute Gasteiger partial charge is 0.130 e. The number of hydrogen-bond donors (Lipinski definition) is 1. The third-order valence-corrected chi connectivity index (χ3v) is 3.37. The van der Waals surface area contributed by atoms with Gasteiger partial charge in [0, 0.05) is 17.8 Å². The van der Waals surface area contributed by atoms with E-state index < -0.39 is 0 Å². The first-order valence-corrected chi connectivity index (χ1v) is 7.36. The van der Waals surface area contributed by atoms with E-state index in [-0.39, 0.29) is 0 Å². The minimum atomic E-state index is 0.448. The number of hydrogen-bond acceptors (Lipinski definition) is 4. The minimum Gasteiger partial charge on any atom is -0.368 e. The molecular formula is C15H28N4. The lowest BCUT2D eigenvalue weighted by Gasteiger charge is -2.20. The SMILES string of the molecule is CCN(CC)CCCC(C)Nc1cc(C)nc(C)n1. The van der Waals surface area contributed by atoms with Crippen LogP contribution in [0.15, 0.2) is 6.07 Å². The van der Waals surface area contributed by atoms with Crippen molar-refractivity contribution in [3.05, 3.63) is 17.6 Å². The third-order valence-electron chi connectivity index (χ3n) is 3.37. The van der Waals surface area contributed by atoms with Crippen molar-refractivity contribution in [1.82, 2.24) is 14.9 Å². The molecule has 0 saturated heterocycles. The zero-order chi connectivity index (χ0) is 14.3. The normalized spacial score (nSPS) is 12.7. The molecule has 1 unspecified atom stereocenters. The lowest BCUT2D eigenvalue weighted by atomic mass is 10.1. The Morgan fingerprint density at radius 2 is 1.89 bits per heavy atom. The lowest BCUT2D eigenvalue weighted by Crippen LogP contribution is -2.25. The highest BCUT2D eigenvalue weighted by molar-refractivity contribution is 5.36. The van der Waals surface area contributed by atoms with E-state index in [9.17, 15) is 0 Å². The van der Waals surface area contributed by atoms with Gasteiger partial charge in [0.15, 0.2) is 0 Å². The summed E-state index contributed by atoms with van der Waals surface area (Å²) in [5.74, 6) is 1.78. The molecule has 1 atom stereocenters. The summed E-state index contributed by atoms with van der Waals surface area (Å²) in [4.78, 5) is 11.2. The van der Waals surface area contributed by atoms with Crippen LogP contribution in [0.3, 0.4) is 0 Å². The Kier molecular flexibility index (Phi) is 6.78. The Labute approximate surface area is 117 Å². The number of rotatable bonds is 8. The number of aryl methyl sites for hydroxylation is 2. The van der Waals surface area contributed by atoms with Gasteiger partial charge < -0.3 is 10.2 Å². The monoisotopic (exact) mass is 264 g/mol. The first-order chi connectivity index (χ1) is 9.05. The Bertz CT molecular complexity index is 354. The molecule has 108 valence electrons. The van der Waals surface area contributed by atoms with Crippen molar-refractivity contribution in [2.45, 2.75) is 53.5 Å². The van der Waals surface area contributed by atoms with Crippen molar-refractivity contribution in [3.63, 3.8) is 0 Å². The van der Waals surface area contributed by atoms with E-state index in [1.54, 1.807) is 0 Å². The van der Waals surface area contributed by atoms with Crippen molar-refractivity contribution in [1.29, 1.82) is 0 Å². The van der Waals surface area contributed by atoms with Gasteiger partial charge in [-0.05, 0) is 53.2 Å². The second kappa shape index (κ2) is 8.10. The van der Waals surface area contributed by atoms with E-state index in [2.05, 4.69) is 41.0 Å². The molecule has 19 heavy (non-hydrogen) atoms. The first kappa shape index (κ1) is 15.9. The largest absolute Gasteiger partial charge is 0.368 e. The van der Waals surface area contributed by atoms with Gasteiger partial charge >= 0.3 is 0 Å². The highest BCUT2D eigenvalue weighted by atomic mass is 15.1.